The zero-order valence-corrected chi connectivity index (χ0v) is 16.1. The average Bonchev–Trinajstić information content (AvgIpc) is 3.35. The van der Waals surface area contributed by atoms with Crippen LogP contribution in [-0.2, 0) is 0 Å². The molecule has 4 heterocycles. The van der Waals surface area contributed by atoms with Gasteiger partial charge in [-0.3, -0.25) is 0 Å². The van der Waals surface area contributed by atoms with Gasteiger partial charge in [0, 0.05) is 37.0 Å². The third-order valence-electron chi connectivity index (χ3n) is 5.63. The predicted molar refractivity (Wildman–Crippen MR) is 117 cm³/mol. The molecule has 156 valence electrons. The lowest BCUT2D eigenvalue weighted by Crippen LogP contribution is -2.42. The van der Waals surface area contributed by atoms with Gasteiger partial charge in [-0.1, -0.05) is 25.6 Å². The number of amides is 2. The molecule has 4 aromatic rings. The van der Waals surface area contributed by atoms with E-state index < -0.39 is 0 Å². The number of aromatic nitrogens is 5. The summed E-state index contributed by atoms with van der Waals surface area (Å²) >= 11 is 0. The van der Waals surface area contributed by atoms with Crippen LogP contribution in [0.4, 0.5) is 10.6 Å². The number of nitrogens with two attached hydrogens (primary N) is 1. The average molecular weight is 406 g/mol. The van der Waals surface area contributed by atoms with E-state index in [0.29, 0.717) is 24.4 Å². The maximum absolute atomic E-state index is 11.9. The van der Waals surface area contributed by atoms with Gasteiger partial charge in [-0.2, -0.15) is 5.10 Å². The van der Waals surface area contributed by atoms with Crippen molar-refractivity contribution in [2.24, 2.45) is 0 Å². The van der Waals surface area contributed by atoms with Crippen molar-refractivity contribution in [3.63, 3.8) is 0 Å². The highest BCUT2D eigenvalue weighted by atomic mass is 16.2. The largest absolute Gasteiger partial charge is 0.382 e. The molecule has 0 atom stereocenters. The third kappa shape index (κ3) is 3.12. The summed E-state index contributed by atoms with van der Waals surface area (Å²) in [4.78, 5) is 26.3. The minimum absolute atomic E-state index is 0. The summed E-state index contributed by atoms with van der Waals surface area (Å²) in [5, 5.41) is 8.24. The third-order valence-corrected chi connectivity index (χ3v) is 5.63. The van der Waals surface area contributed by atoms with Crippen LogP contribution in [0.2, 0.25) is 0 Å². The Hall–Kier alpha value is -3.62. The van der Waals surface area contributed by atoms with Gasteiger partial charge in [0.05, 0.1) is 5.69 Å². The van der Waals surface area contributed by atoms with Gasteiger partial charge in [0.1, 0.15) is 23.4 Å². The molecule has 0 saturated carbocycles. The zero-order chi connectivity index (χ0) is 20.0. The molecule has 1 aliphatic rings. The highest BCUT2D eigenvalue weighted by Crippen LogP contribution is 2.34. The molecule has 1 aromatic carbocycles. The van der Waals surface area contributed by atoms with Gasteiger partial charge < -0.3 is 20.9 Å². The van der Waals surface area contributed by atoms with E-state index in [4.69, 9.17) is 10.7 Å². The summed E-state index contributed by atoms with van der Waals surface area (Å²) in [7, 11) is 1.66. The topological polar surface area (TPSA) is 117 Å². The van der Waals surface area contributed by atoms with Crippen LogP contribution < -0.4 is 11.1 Å². The number of fused-ring (bicyclic) bond motifs is 2. The molecule has 9 heteroatoms. The Labute approximate surface area is 174 Å². The fraction of sp³-hybridized carbons (Fsp3) is 0.333. The summed E-state index contributed by atoms with van der Waals surface area (Å²) in [6.07, 6.45) is 3.10. The Bertz CT molecular complexity index is 1170. The van der Waals surface area contributed by atoms with Crippen LogP contribution in [0.5, 0.6) is 0 Å². The second kappa shape index (κ2) is 7.66. The number of benzene rings is 1. The first-order valence-electron chi connectivity index (χ1n) is 9.69. The number of piperidine rings is 1. The van der Waals surface area contributed by atoms with Gasteiger partial charge >= 0.3 is 6.03 Å². The maximum Gasteiger partial charge on any atom is 0.317 e. The number of likely N-dealkylation sites (tertiary alicyclic amines) is 1. The predicted octanol–water partition coefficient (Wildman–Crippen LogP) is 3.01. The Balaban J connectivity index is 0.00000218. The smallest absolute Gasteiger partial charge is 0.317 e. The molecule has 30 heavy (non-hydrogen) atoms. The minimum atomic E-state index is -0.0400. The number of rotatable bonds is 2. The highest BCUT2D eigenvalue weighted by molar-refractivity contribution is 5.91. The number of anilines is 1. The summed E-state index contributed by atoms with van der Waals surface area (Å²) in [6, 6.07) is 10.1. The van der Waals surface area contributed by atoms with Crippen LogP contribution in [-0.4, -0.2) is 55.6 Å². The van der Waals surface area contributed by atoms with Crippen LogP contribution in [0.15, 0.2) is 36.7 Å². The fourth-order valence-electron chi connectivity index (χ4n) is 4.13. The summed E-state index contributed by atoms with van der Waals surface area (Å²) in [5.41, 5.74) is 9.62. The first-order chi connectivity index (χ1) is 14.2. The molecular formula is C21H26N8O. The number of H-pyrrole nitrogens is 1. The van der Waals surface area contributed by atoms with Crippen LogP contribution in [0.25, 0.3) is 27.8 Å². The molecule has 4 N–H and O–H groups in total. The molecule has 0 radical (unpaired) electrons. The molecule has 0 bridgehead atoms. The number of nitrogens with one attached hydrogen (secondary N) is 2. The van der Waals surface area contributed by atoms with Gasteiger partial charge in [-0.25, -0.2) is 19.3 Å². The standard InChI is InChI=1S/C20H22N8O.CH4/c1-22-20(29)27-8-6-12(7-9-27)19-26-16(17-18(21)23-11-24-28(17)19)15-10-13-4-2-3-5-14(13)25-15;/h2-5,10-12,25H,6-9H2,1H3,(H,22,29)(H2,21,23,24);1H4. The van der Waals surface area contributed by atoms with Crippen LogP contribution in [0, 0.1) is 0 Å². The number of hydrogen-bond acceptors (Lipinski definition) is 5. The molecule has 0 aliphatic carbocycles. The van der Waals surface area contributed by atoms with Gasteiger partial charge in [-0.05, 0) is 25.0 Å². The maximum atomic E-state index is 11.9. The number of carbonyl (C=O) groups is 1. The van der Waals surface area contributed by atoms with E-state index in [1.165, 1.54) is 6.33 Å². The van der Waals surface area contributed by atoms with Crippen molar-refractivity contribution in [3.8, 4) is 11.4 Å². The van der Waals surface area contributed by atoms with Crippen molar-refractivity contribution in [1.82, 2.24) is 34.8 Å². The molecule has 9 nitrogen and oxygen atoms in total. The first-order valence-corrected chi connectivity index (χ1v) is 9.69. The minimum Gasteiger partial charge on any atom is -0.382 e. The van der Waals surface area contributed by atoms with Crippen molar-refractivity contribution in [1.29, 1.82) is 0 Å². The van der Waals surface area contributed by atoms with E-state index in [9.17, 15) is 4.79 Å². The highest BCUT2D eigenvalue weighted by Gasteiger charge is 2.29. The molecule has 1 aliphatic heterocycles. The molecule has 2 amide bonds. The SMILES string of the molecule is C.CNC(=O)N1CCC(c2nc(-c3cc4ccccc4[nH]3)c3c(N)ncnn23)CC1. The van der Waals surface area contributed by atoms with Gasteiger partial charge in [0.2, 0.25) is 0 Å². The van der Waals surface area contributed by atoms with Crippen LogP contribution in [0.3, 0.4) is 0 Å². The molecule has 0 unspecified atom stereocenters. The normalized spacial score (nSPS) is 14.8. The van der Waals surface area contributed by atoms with Crippen molar-refractivity contribution in [3.05, 3.63) is 42.5 Å². The molecule has 1 fully saturated rings. The lowest BCUT2D eigenvalue weighted by Gasteiger charge is -2.30. The second-order valence-electron chi connectivity index (χ2n) is 7.31. The van der Waals surface area contributed by atoms with Crippen LogP contribution >= 0.6 is 0 Å². The van der Waals surface area contributed by atoms with E-state index >= 15 is 0 Å². The van der Waals surface area contributed by atoms with E-state index in [1.807, 2.05) is 27.6 Å². The van der Waals surface area contributed by atoms with Gasteiger partial charge in [-0.15, -0.1) is 0 Å². The lowest BCUT2D eigenvalue weighted by atomic mass is 9.96. The van der Waals surface area contributed by atoms with E-state index in [1.54, 1.807) is 7.05 Å². The van der Waals surface area contributed by atoms with Crippen molar-refractivity contribution in [2.45, 2.75) is 26.2 Å². The summed E-state index contributed by atoms with van der Waals surface area (Å²) in [6.45, 7) is 1.36. The Kier molecular flexibility index (Phi) is 5.03. The monoisotopic (exact) mass is 406 g/mol. The molecular weight excluding hydrogens is 380 g/mol. The van der Waals surface area contributed by atoms with Crippen molar-refractivity contribution < 1.29 is 4.79 Å². The number of para-hydroxylation sites is 1. The van der Waals surface area contributed by atoms with E-state index in [0.717, 1.165) is 41.0 Å². The quantitative estimate of drug-likeness (QED) is 0.473. The Morgan fingerprint density at radius 3 is 2.77 bits per heavy atom. The van der Waals surface area contributed by atoms with Gasteiger partial charge in [0.25, 0.3) is 0 Å². The van der Waals surface area contributed by atoms with E-state index in [2.05, 4.69) is 32.5 Å². The number of nitrogens with zero attached hydrogens (tertiary/aromatic N) is 5. The number of aromatic amines is 1. The number of urea groups is 1. The number of imidazole rings is 1. The Morgan fingerprint density at radius 1 is 1.27 bits per heavy atom. The number of nitrogen functional groups attached to an aromatic ring is 1. The second-order valence-corrected chi connectivity index (χ2v) is 7.31. The molecule has 1 saturated heterocycles. The molecule has 3 aromatic heterocycles. The number of carbonyl (C=O) groups excluding carboxylic acids is 1. The summed E-state index contributed by atoms with van der Waals surface area (Å²) in [5.74, 6) is 1.45. The molecule has 5 rings (SSSR count). The van der Waals surface area contributed by atoms with Crippen molar-refractivity contribution >= 4 is 28.3 Å². The lowest BCUT2D eigenvalue weighted by molar-refractivity contribution is 0.182. The molecule has 0 spiro atoms. The summed E-state index contributed by atoms with van der Waals surface area (Å²) < 4.78 is 1.81. The van der Waals surface area contributed by atoms with E-state index in [-0.39, 0.29) is 19.4 Å². The Morgan fingerprint density at radius 2 is 2.03 bits per heavy atom. The zero-order valence-electron chi connectivity index (χ0n) is 16.1. The van der Waals surface area contributed by atoms with Gasteiger partial charge in [0.15, 0.2) is 5.82 Å². The first kappa shape index (κ1) is 19.7. The fourth-order valence-corrected chi connectivity index (χ4v) is 4.13. The van der Waals surface area contributed by atoms with Crippen molar-refractivity contribution in [2.75, 3.05) is 25.9 Å². The number of hydrogen-bond donors (Lipinski definition) is 3. The van der Waals surface area contributed by atoms with Crippen LogP contribution in [0.1, 0.15) is 32.0 Å².